The topological polar surface area (TPSA) is 76.0 Å². The summed E-state index contributed by atoms with van der Waals surface area (Å²) in [5.41, 5.74) is 3.53. The molecule has 0 radical (unpaired) electrons. The van der Waals surface area contributed by atoms with Gasteiger partial charge >= 0.3 is 5.97 Å². The number of aliphatic hydroxyl groups is 1. The molecule has 3 aromatic rings. The molecule has 5 nitrogen and oxygen atoms in total. The molecule has 1 atom stereocenters. The Morgan fingerprint density at radius 3 is 1.82 bits per heavy atom. The van der Waals surface area contributed by atoms with Crippen molar-refractivity contribution in [1.29, 1.82) is 0 Å². The summed E-state index contributed by atoms with van der Waals surface area (Å²) in [6.07, 6.45) is 0.707. The van der Waals surface area contributed by atoms with Gasteiger partial charge in [0.15, 0.2) is 11.8 Å². The minimum Gasteiger partial charge on any atom is -0.511 e. The number of carbonyl (C=O) groups excluding carboxylic acids is 2. The number of hydrogen-bond donors (Lipinski definition) is 1. The fraction of sp³-hybridized carbons (Fsp3) is 0.378. The first-order valence-corrected chi connectivity index (χ1v) is 20.0. The highest BCUT2D eigenvalue weighted by molar-refractivity contribution is 8.00. The maximum absolute atomic E-state index is 13.7. The molecule has 0 aliphatic heterocycles. The average Bonchev–Trinajstić information content (AvgIpc) is 2.97. The fourth-order valence-electron chi connectivity index (χ4n) is 5.68. The van der Waals surface area contributed by atoms with Gasteiger partial charge in [-0.2, -0.15) is 0 Å². The Kier molecular flexibility index (Phi) is 10.7. The lowest BCUT2D eigenvalue weighted by atomic mass is 9.76. The number of hydrogen-bond acceptors (Lipinski definition) is 6. The van der Waals surface area contributed by atoms with E-state index in [0.717, 1.165) is 22.7 Å². The molecule has 1 aliphatic rings. The van der Waals surface area contributed by atoms with Crippen molar-refractivity contribution in [2.75, 3.05) is 12.4 Å². The number of allylic oxidation sites excluding steroid dienone is 2. The molecule has 7 heteroatoms. The minimum absolute atomic E-state index is 0.0400. The zero-order chi connectivity index (χ0) is 32.0. The van der Waals surface area contributed by atoms with Crippen molar-refractivity contribution in [1.82, 2.24) is 0 Å². The van der Waals surface area contributed by atoms with E-state index in [0.29, 0.717) is 30.9 Å². The summed E-state index contributed by atoms with van der Waals surface area (Å²) in [7, 11) is -1.43. The molecular formula is C37H45NO4SSi. The largest absolute Gasteiger partial charge is 0.511 e. The molecule has 0 saturated carbocycles. The van der Waals surface area contributed by atoms with E-state index in [1.165, 1.54) is 0 Å². The highest BCUT2D eigenvalue weighted by atomic mass is 32.2. The zero-order valence-corrected chi connectivity index (χ0v) is 28.6. The monoisotopic (exact) mass is 627 g/mol. The summed E-state index contributed by atoms with van der Waals surface area (Å²) in [4.78, 5) is 31.7. The number of benzene rings is 3. The Morgan fingerprint density at radius 1 is 0.909 bits per heavy atom. The number of ketones is 1. The molecule has 3 aromatic carbocycles. The minimum atomic E-state index is -1.43. The van der Waals surface area contributed by atoms with E-state index in [4.69, 9.17) is 9.73 Å². The quantitative estimate of drug-likeness (QED) is 0.0942. The van der Waals surface area contributed by atoms with Gasteiger partial charge in [-0.3, -0.25) is 9.79 Å². The van der Waals surface area contributed by atoms with Crippen LogP contribution in [0.1, 0.15) is 50.3 Å². The molecule has 0 amide bonds. The Labute approximate surface area is 267 Å². The Hall–Kier alpha value is -3.42. The highest BCUT2D eigenvalue weighted by Gasteiger charge is 2.39. The summed E-state index contributed by atoms with van der Waals surface area (Å²) in [5.74, 6) is -0.221. The van der Waals surface area contributed by atoms with Crippen LogP contribution in [0.4, 0.5) is 0 Å². The van der Waals surface area contributed by atoms with Crippen LogP contribution < -0.4 is 0 Å². The van der Waals surface area contributed by atoms with E-state index in [9.17, 15) is 14.7 Å². The third-order valence-corrected chi connectivity index (χ3v) is 11.3. The summed E-state index contributed by atoms with van der Waals surface area (Å²) in [6.45, 7) is 12.7. The molecular weight excluding hydrogens is 583 g/mol. The van der Waals surface area contributed by atoms with E-state index < -0.39 is 24.8 Å². The first-order valence-electron chi connectivity index (χ1n) is 15.3. The van der Waals surface area contributed by atoms with Crippen molar-refractivity contribution in [3.63, 3.8) is 0 Å². The normalized spacial score (nSPS) is 16.5. The number of aliphatic imine (C=N–C) groups is 1. The first-order chi connectivity index (χ1) is 20.8. The second-order valence-corrected chi connectivity index (χ2v) is 20.4. The lowest BCUT2D eigenvalue weighted by Gasteiger charge is -2.36. The fourth-order valence-corrected chi connectivity index (χ4v) is 7.92. The van der Waals surface area contributed by atoms with Gasteiger partial charge in [-0.1, -0.05) is 124 Å². The molecule has 0 unspecified atom stereocenters. The second kappa shape index (κ2) is 14.1. The van der Waals surface area contributed by atoms with Crippen molar-refractivity contribution in [2.24, 2.45) is 10.4 Å². The summed E-state index contributed by atoms with van der Waals surface area (Å²) in [5, 5.41) is 10.9. The number of rotatable bonds is 12. The molecule has 0 heterocycles. The van der Waals surface area contributed by atoms with Crippen LogP contribution in [-0.4, -0.2) is 49.0 Å². The number of esters is 1. The molecule has 1 aliphatic carbocycles. The van der Waals surface area contributed by atoms with Gasteiger partial charge in [0.25, 0.3) is 0 Å². The molecule has 4 rings (SSSR count). The van der Waals surface area contributed by atoms with Crippen molar-refractivity contribution in [3.8, 4) is 0 Å². The van der Waals surface area contributed by atoms with Crippen molar-refractivity contribution >= 4 is 37.3 Å². The predicted octanol–water partition coefficient (Wildman–Crippen LogP) is 8.62. The number of aliphatic hydroxyl groups excluding tert-OH is 1. The van der Waals surface area contributed by atoms with Gasteiger partial charge in [0.1, 0.15) is 5.76 Å². The number of carbonyl (C=O) groups is 2. The molecule has 0 aromatic heterocycles. The van der Waals surface area contributed by atoms with Gasteiger partial charge in [-0.05, 0) is 35.1 Å². The van der Waals surface area contributed by atoms with Crippen LogP contribution in [-0.2, 0) is 19.1 Å². The average molecular weight is 628 g/mol. The van der Waals surface area contributed by atoms with Crippen LogP contribution in [0, 0.1) is 5.41 Å². The predicted molar refractivity (Wildman–Crippen MR) is 185 cm³/mol. The zero-order valence-electron chi connectivity index (χ0n) is 26.8. The lowest BCUT2D eigenvalue weighted by Crippen LogP contribution is -2.33. The summed E-state index contributed by atoms with van der Waals surface area (Å²) >= 11 is 1.63. The second-order valence-electron chi connectivity index (χ2n) is 13.6. The van der Waals surface area contributed by atoms with E-state index in [1.807, 2.05) is 68.4 Å². The van der Waals surface area contributed by atoms with Crippen molar-refractivity contribution in [2.45, 2.75) is 70.1 Å². The maximum Gasteiger partial charge on any atom is 0.331 e. The van der Waals surface area contributed by atoms with Gasteiger partial charge in [0.2, 0.25) is 0 Å². The van der Waals surface area contributed by atoms with Crippen LogP contribution in [0.5, 0.6) is 0 Å². The maximum atomic E-state index is 13.7. The third kappa shape index (κ3) is 8.19. The molecule has 0 saturated heterocycles. The molecule has 0 fully saturated rings. The van der Waals surface area contributed by atoms with Crippen LogP contribution in [0.2, 0.25) is 25.7 Å². The van der Waals surface area contributed by atoms with Gasteiger partial charge in [-0.25, -0.2) is 4.79 Å². The number of ether oxygens (including phenoxy) is 1. The van der Waals surface area contributed by atoms with Gasteiger partial charge in [-0.15, -0.1) is 11.8 Å². The van der Waals surface area contributed by atoms with E-state index in [-0.39, 0.29) is 22.5 Å². The van der Waals surface area contributed by atoms with Gasteiger partial charge in [0.05, 0.1) is 16.9 Å². The third-order valence-electron chi connectivity index (χ3n) is 7.93. The first kappa shape index (κ1) is 33.5. The SMILES string of the molecule is CC(=N[C@@H](CSC(c1ccccc1)(c1ccccc1)c1ccccc1)C(=O)OCC[Si](C)(C)C)C1=C(O)CC(C)(C)CC1=O. The van der Waals surface area contributed by atoms with Crippen LogP contribution >= 0.6 is 11.8 Å². The van der Waals surface area contributed by atoms with Crippen molar-refractivity contribution < 1.29 is 19.4 Å². The van der Waals surface area contributed by atoms with E-state index >= 15 is 0 Å². The number of Topliss-reactive ketones (excluding diaryl/α,β-unsaturated/α-hetero) is 1. The van der Waals surface area contributed by atoms with Crippen LogP contribution in [0.15, 0.2) is 107 Å². The molecule has 0 spiro atoms. The smallest absolute Gasteiger partial charge is 0.331 e. The highest BCUT2D eigenvalue weighted by Crippen LogP contribution is 2.49. The lowest BCUT2D eigenvalue weighted by molar-refractivity contribution is -0.144. The number of nitrogens with zero attached hydrogens (tertiary/aromatic N) is 1. The van der Waals surface area contributed by atoms with Gasteiger partial charge < -0.3 is 9.84 Å². The Bertz CT molecular complexity index is 1400. The summed E-state index contributed by atoms with van der Waals surface area (Å²) < 4.78 is 5.21. The van der Waals surface area contributed by atoms with E-state index in [1.54, 1.807) is 18.7 Å². The van der Waals surface area contributed by atoms with Gasteiger partial charge in [0, 0.05) is 32.4 Å². The number of thioether (sulfide) groups is 1. The molecule has 1 N–H and O–H groups in total. The van der Waals surface area contributed by atoms with Crippen molar-refractivity contribution in [3.05, 3.63) is 119 Å². The van der Waals surface area contributed by atoms with E-state index in [2.05, 4.69) is 56.0 Å². The van der Waals surface area contributed by atoms with Crippen LogP contribution in [0.25, 0.3) is 0 Å². The van der Waals surface area contributed by atoms with Crippen LogP contribution in [0.3, 0.4) is 0 Å². The Morgan fingerprint density at radius 2 is 1.39 bits per heavy atom. The molecule has 0 bridgehead atoms. The molecule has 232 valence electrons. The molecule has 44 heavy (non-hydrogen) atoms. The Balaban J connectivity index is 1.78. The standard InChI is InChI=1S/C37H45NO4SSi/c1-27(34-32(39)24-36(2,3)25-33(34)40)38-31(35(41)42-22-23-44(4,5)6)26-43-37(28-16-10-7-11-17-28,29-18-12-8-13-19-29)30-20-14-9-15-21-30/h7-21,31,39H,22-26H2,1-6H3/t31-/m0/s1. The summed E-state index contributed by atoms with van der Waals surface area (Å²) in [6, 6.07) is 30.9.